The van der Waals surface area contributed by atoms with Gasteiger partial charge in [0.05, 0.1) is 13.0 Å². The van der Waals surface area contributed by atoms with Crippen LogP contribution in [0, 0.1) is 6.92 Å². The fourth-order valence-electron chi connectivity index (χ4n) is 1.32. The lowest BCUT2D eigenvalue weighted by Crippen LogP contribution is -2.12. The minimum Gasteiger partial charge on any atom is -0.373 e. The van der Waals surface area contributed by atoms with E-state index in [4.69, 9.17) is 4.74 Å². The molecule has 0 saturated carbocycles. The summed E-state index contributed by atoms with van der Waals surface area (Å²) in [6.45, 7) is 4.04. The van der Waals surface area contributed by atoms with Crippen LogP contribution in [0.1, 0.15) is 24.9 Å². The SMILES string of the molecule is CCNc1cc(C)nc(COCCC(F)(F)F)n1. The van der Waals surface area contributed by atoms with Crippen molar-refractivity contribution >= 4 is 5.82 Å². The first-order valence-corrected chi connectivity index (χ1v) is 5.63. The summed E-state index contributed by atoms with van der Waals surface area (Å²) in [6, 6.07) is 1.77. The van der Waals surface area contributed by atoms with Crippen molar-refractivity contribution in [2.24, 2.45) is 0 Å². The van der Waals surface area contributed by atoms with Crippen LogP contribution in [0.25, 0.3) is 0 Å². The van der Waals surface area contributed by atoms with Gasteiger partial charge in [0.25, 0.3) is 0 Å². The molecule has 0 fully saturated rings. The molecule has 1 aromatic rings. The summed E-state index contributed by atoms with van der Waals surface area (Å²) in [5.41, 5.74) is 0.746. The number of hydrogen-bond acceptors (Lipinski definition) is 4. The molecule has 18 heavy (non-hydrogen) atoms. The van der Waals surface area contributed by atoms with E-state index in [-0.39, 0.29) is 13.2 Å². The Kier molecular flexibility index (Phi) is 5.33. The highest BCUT2D eigenvalue weighted by Crippen LogP contribution is 2.19. The van der Waals surface area contributed by atoms with Gasteiger partial charge in [0.1, 0.15) is 12.4 Å². The summed E-state index contributed by atoms with van der Waals surface area (Å²) in [4.78, 5) is 8.22. The number of halogens is 3. The quantitative estimate of drug-likeness (QED) is 0.802. The molecule has 0 unspecified atom stereocenters. The number of rotatable bonds is 6. The van der Waals surface area contributed by atoms with Crippen molar-refractivity contribution in [2.45, 2.75) is 33.1 Å². The largest absolute Gasteiger partial charge is 0.391 e. The Labute approximate surface area is 104 Å². The Bertz CT molecular complexity index is 382. The molecule has 0 aliphatic heterocycles. The number of ether oxygens (including phenoxy) is 1. The van der Waals surface area contributed by atoms with Gasteiger partial charge in [-0.3, -0.25) is 0 Å². The smallest absolute Gasteiger partial charge is 0.373 e. The number of hydrogen-bond donors (Lipinski definition) is 1. The molecule has 1 aromatic heterocycles. The molecule has 1 heterocycles. The second-order valence-corrected chi connectivity index (χ2v) is 3.76. The van der Waals surface area contributed by atoms with Gasteiger partial charge in [-0.1, -0.05) is 0 Å². The molecule has 0 atom stereocenters. The van der Waals surface area contributed by atoms with E-state index in [1.54, 1.807) is 13.0 Å². The first kappa shape index (κ1) is 14.7. The fraction of sp³-hybridized carbons (Fsp3) is 0.636. The topological polar surface area (TPSA) is 47.0 Å². The standard InChI is InChI=1S/C11H16F3N3O/c1-3-15-9-6-8(2)16-10(17-9)7-18-5-4-11(12,13)14/h6H,3-5,7H2,1-2H3,(H,15,16,17). The Morgan fingerprint density at radius 1 is 1.33 bits per heavy atom. The molecule has 102 valence electrons. The number of aromatic nitrogens is 2. The van der Waals surface area contributed by atoms with E-state index in [0.29, 0.717) is 18.2 Å². The molecule has 0 bridgehead atoms. The zero-order chi connectivity index (χ0) is 13.6. The summed E-state index contributed by atoms with van der Waals surface area (Å²) in [5, 5.41) is 3.02. The third-order valence-electron chi connectivity index (χ3n) is 2.02. The minimum absolute atomic E-state index is 0.0177. The van der Waals surface area contributed by atoms with E-state index >= 15 is 0 Å². The van der Waals surface area contributed by atoms with Crippen LogP contribution >= 0.6 is 0 Å². The average Bonchev–Trinajstić information content (AvgIpc) is 2.23. The molecule has 0 aromatic carbocycles. The number of anilines is 1. The van der Waals surface area contributed by atoms with Crippen molar-refractivity contribution in [2.75, 3.05) is 18.5 Å². The highest BCUT2D eigenvalue weighted by molar-refractivity contribution is 5.35. The maximum atomic E-state index is 11.9. The Balaban J connectivity index is 2.46. The van der Waals surface area contributed by atoms with E-state index in [1.165, 1.54) is 0 Å². The molecule has 0 aliphatic carbocycles. The monoisotopic (exact) mass is 263 g/mol. The summed E-state index contributed by atoms with van der Waals surface area (Å²) in [5.74, 6) is 1.03. The Morgan fingerprint density at radius 3 is 2.67 bits per heavy atom. The predicted molar refractivity (Wildman–Crippen MR) is 61.3 cm³/mol. The lowest BCUT2D eigenvalue weighted by atomic mass is 10.4. The van der Waals surface area contributed by atoms with Gasteiger partial charge in [0.2, 0.25) is 0 Å². The van der Waals surface area contributed by atoms with Crippen LogP contribution in [0.15, 0.2) is 6.07 Å². The van der Waals surface area contributed by atoms with Gasteiger partial charge >= 0.3 is 6.18 Å². The van der Waals surface area contributed by atoms with E-state index in [9.17, 15) is 13.2 Å². The van der Waals surface area contributed by atoms with E-state index < -0.39 is 12.6 Å². The molecular weight excluding hydrogens is 247 g/mol. The minimum atomic E-state index is -4.19. The summed E-state index contributed by atoms with van der Waals surface area (Å²) < 4.78 is 40.6. The lowest BCUT2D eigenvalue weighted by molar-refractivity contribution is -0.146. The second kappa shape index (κ2) is 6.53. The van der Waals surface area contributed by atoms with Gasteiger partial charge in [0, 0.05) is 18.3 Å². The van der Waals surface area contributed by atoms with Crippen molar-refractivity contribution in [1.29, 1.82) is 0 Å². The van der Waals surface area contributed by atoms with Crippen molar-refractivity contribution in [3.8, 4) is 0 Å². The number of nitrogens with one attached hydrogen (secondary N) is 1. The normalized spacial score (nSPS) is 11.6. The van der Waals surface area contributed by atoms with Crippen LogP contribution in [-0.4, -0.2) is 29.3 Å². The fourth-order valence-corrected chi connectivity index (χ4v) is 1.32. The van der Waals surface area contributed by atoms with Crippen LogP contribution in [0.2, 0.25) is 0 Å². The van der Waals surface area contributed by atoms with Gasteiger partial charge in [-0.2, -0.15) is 13.2 Å². The lowest BCUT2D eigenvalue weighted by Gasteiger charge is -2.08. The average molecular weight is 263 g/mol. The molecule has 0 amide bonds. The van der Waals surface area contributed by atoms with E-state index in [0.717, 1.165) is 5.69 Å². The van der Waals surface area contributed by atoms with Crippen molar-refractivity contribution in [3.63, 3.8) is 0 Å². The molecular formula is C11H16F3N3O. The third kappa shape index (κ3) is 5.81. The molecule has 0 radical (unpaired) electrons. The zero-order valence-electron chi connectivity index (χ0n) is 10.3. The summed E-state index contributed by atoms with van der Waals surface area (Å²) in [6.07, 6.45) is -5.15. The van der Waals surface area contributed by atoms with Crippen LogP contribution < -0.4 is 5.32 Å². The van der Waals surface area contributed by atoms with Gasteiger partial charge in [-0.25, -0.2) is 9.97 Å². The van der Waals surface area contributed by atoms with E-state index in [1.807, 2.05) is 6.92 Å². The first-order chi connectivity index (χ1) is 8.40. The van der Waals surface area contributed by atoms with Crippen LogP contribution in [0.4, 0.5) is 19.0 Å². The molecule has 0 spiro atoms. The van der Waals surface area contributed by atoms with Crippen LogP contribution in [0.3, 0.4) is 0 Å². The second-order valence-electron chi connectivity index (χ2n) is 3.76. The van der Waals surface area contributed by atoms with Gasteiger partial charge in [0.15, 0.2) is 5.82 Å². The maximum Gasteiger partial charge on any atom is 0.391 e. The Hall–Kier alpha value is -1.37. The summed E-state index contributed by atoms with van der Waals surface area (Å²) >= 11 is 0. The van der Waals surface area contributed by atoms with Gasteiger partial charge in [-0.15, -0.1) is 0 Å². The summed E-state index contributed by atoms with van der Waals surface area (Å²) in [7, 11) is 0. The van der Waals surface area contributed by atoms with Gasteiger partial charge < -0.3 is 10.1 Å². The molecule has 0 saturated heterocycles. The number of nitrogens with zero attached hydrogens (tertiary/aromatic N) is 2. The predicted octanol–water partition coefficient (Wildman–Crippen LogP) is 2.69. The zero-order valence-corrected chi connectivity index (χ0v) is 10.3. The number of alkyl halides is 3. The van der Waals surface area contributed by atoms with Crippen molar-refractivity contribution in [3.05, 3.63) is 17.6 Å². The number of aryl methyl sites for hydroxylation is 1. The van der Waals surface area contributed by atoms with Crippen molar-refractivity contribution < 1.29 is 17.9 Å². The molecule has 1 rings (SSSR count). The molecule has 1 N–H and O–H groups in total. The van der Waals surface area contributed by atoms with Crippen LogP contribution in [0.5, 0.6) is 0 Å². The van der Waals surface area contributed by atoms with Crippen molar-refractivity contribution in [1.82, 2.24) is 9.97 Å². The highest BCUT2D eigenvalue weighted by Gasteiger charge is 2.26. The maximum absolute atomic E-state index is 11.9. The molecule has 7 heteroatoms. The third-order valence-corrected chi connectivity index (χ3v) is 2.02. The first-order valence-electron chi connectivity index (χ1n) is 5.63. The highest BCUT2D eigenvalue weighted by atomic mass is 19.4. The van der Waals surface area contributed by atoms with Crippen LogP contribution in [-0.2, 0) is 11.3 Å². The molecule has 0 aliphatic rings. The molecule has 4 nitrogen and oxygen atoms in total. The Morgan fingerprint density at radius 2 is 2.06 bits per heavy atom. The van der Waals surface area contributed by atoms with E-state index in [2.05, 4.69) is 15.3 Å². The van der Waals surface area contributed by atoms with Gasteiger partial charge in [-0.05, 0) is 13.8 Å².